The van der Waals surface area contributed by atoms with Crippen LogP contribution in [0.1, 0.15) is 18.1 Å². The molecule has 26 heavy (non-hydrogen) atoms. The molecule has 0 spiro atoms. The number of aryl methyl sites for hydroxylation is 1. The lowest BCUT2D eigenvalue weighted by molar-refractivity contribution is -0.384. The second-order valence-corrected chi connectivity index (χ2v) is 10.4. The third kappa shape index (κ3) is 4.06. The Morgan fingerprint density at radius 3 is 2.04 bits per heavy atom. The number of nitro benzene ring substituents is 1. The molecule has 1 N–H and O–H groups in total. The Hall–Kier alpha value is -2.79. The summed E-state index contributed by atoms with van der Waals surface area (Å²) < 4.78 is 48.7. The molecule has 0 aliphatic heterocycles. The summed E-state index contributed by atoms with van der Waals surface area (Å²) in [4.78, 5) is 11.4. The molecule has 0 aliphatic rings. The van der Waals surface area contributed by atoms with Crippen molar-refractivity contribution >= 4 is 29.3 Å². The van der Waals surface area contributed by atoms with Crippen LogP contribution in [-0.4, -0.2) is 27.5 Å². The van der Waals surface area contributed by atoms with Gasteiger partial charge in [0.1, 0.15) is 0 Å². The van der Waals surface area contributed by atoms with Crippen LogP contribution in [0.2, 0.25) is 0 Å². The number of hydrazone groups is 1. The SMILES string of the molecule is C/C(=N\NS(=O)(=O)S(=O)(=O)c1ccc(C)cc1)c1ccc([N+](=O)[O-])cc1. The number of non-ortho nitro benzene ring substituents is 1. The fourth-order valence-corrected chi connectivity index (χ4v) is 4.46. The van der Waals surface area contributed by atoms with Crippen molar-refractivity contribution in [2.75, 3.05) is 0 Å². The highest BCUT2D eigenvalue weighted by atomic mass is 33.2. The maximum atomic E-state index is 12.2. The van der Waals surface area contributed by atoms with E-state index in [9.17, 15) is 26.9 Å². The van der Waals surface area contributed by atoms with Crippen molar-refractivity contribution in [1.29, 1.82) is 0 Å². The molecule has 0 atom stereocenters. The lowest BCUT2D eigenvalue weighted by atomic mass is 10.1. The van der Waals surface area contributed by atoms with Gasteiger partial charge in [-0.05, 0) is 43.7 Å². The molecule has 0 radical (unpaired) electrons. The molecule has 0 fully saturated rings. The maximum Gasteiger partial charge on any atom is 0.358 e. The molecule has 138 valence electrons. The van der Waals surface area contributed by atoms with Crippen LogP contribution in [0.15, 0.2) is 58.5 Å². The minimum Gasteiger partial charge on any atom is -0.258 e. The van der Waals surface area contributed by atoms with Crippen molar-refractivity contribution < 1.29 is 21.8 Å². The van der Waals surface area contributed by atoms with Gasteiger partial charge in [-0.3, -0.25) is 10.1 Å². The smallest absolute Gasteiger partial charge is 0.258 e. The number of nitrogens with zero attached hydrogens (tertiary/aromatic N) is 2. The molecule has 0 heterocycles. The first-order chi connectivity index (χ1) is 12.0. The normalized spacial score (nSPS) is 12.6. The summed E-state index contributed by atoms with van der Waals surface area (Å²) in [6, 6.07) is 10.5. The molecule has 0 saturated carbocycles. The molecular formula is C15H15N3O6S2. The largest absolute Gasteiger partial charge is 0.358 e. The van der Waals surface area contributed by atoms with Crippen molar-refractivity contribution in [3.8, 4) is 0 Å². The van der Waals surface area contributed by atoms with E-state index in [0.29, 0.717) is 5.56 Å². The van der Waals surface area contributed by atoms with E-state index in [4.69, 9.17) is 0 Å². The first kappa shape index (κ1) is 19.5. The van der Waals surface area contributed by atoms with E-state index in [1.165, 1.54) is 55.5 Å². The average molecular weight is 397 g/mol. The molecule has 0 amide bonds. The van der Waals surface area contributed by atoms with E-state index < -0.39 is 22.8 Å². The number of rotatable bonds is 6. The molecule has 2 aromatic carbocycles. The minimum atomic E-state index is -4.82. The third-order valence-corrected chi connectivity index (χ3v) is 7.70. The minimum absolute atomic E-state index is 0.135. The Labute approximate surface area is 149 Å². The summed E-state index contributed by atoms with van der Waals surface area (Å²) >= 11 is 0. The predicted molar refractivity (Wildman–Crippen MR) is 95.7 cm³/mol. The van der Waals surface area contributed by atoms with E-state index in [1.807, 2.05) is 0 Å². The summed E-state index contributed by atoms with van der Waals surface area (Å²) in [7, 11) is -9.51. The molecule has 0 bridgehead atoms. The zero-order valence-corrected chi connectivity index (χ0v) is 15.4. The fraction of sp³-hybridized carbons (Fsp3) is 0.133. The van der Waals surface area contributed by atoms with Crippen LogP contribution < -0.4 is 4.83 Å². The molecular weight excluding hydrogens is 382 g/mol. The standard InChI is InChI=1S/C15H15N3O6S2/c1-11-3-9-15(10-4-11)25(21,22)26(23,24)17-16-12(2)13-5-7-14(8-6-13)18(19)20/h3-10,17H,1-2H3/b16-12+. The van der Waals surface area contributed by atoms with Gasteiger partial charge >= 0.3 is 17.9 Å². The van der Waals surface area contributed by atoms with E-state index in [2.05, 4.69) is 5.10 Å². The molecule has 0 unspecified atom stereocenters. The zero-order valence-electron chi connectivity index (χ0n) is 13.8. The topological polar surface area (TPSA) is 136 Å². The number of hydrogen-bond donors (Lipinski definition) is 1. The quantitative estimate of drug-likeness (QED) is 0.342. The van der Waals surface area contributed by atoms with Crippen LogP contribution in [-0.2, 0) is 17.9 Å². The molecule has 9 nitrogen and oxygen atoms in total. The van der Waals surface area contributed by atoms with Crippen LogP contribution in [0.5, 0.6) is 0 Å². The van der Waals surface area contributed by atoms with Crippen LogP contribution in [0.4, 0.5) is 5.69 Å². The number of benzene rings is 2. The van der Waals surface area contributed by atoms with Gasteiger partial charge in [0.25, 0.3) is 5.69 Å². The predicted octanol–water partition coefficient (Wildman–Crippen LogP) is 1.94. The summed E-state index contributed by atoms with van der Waals surface area (Å²) in [6.07, 6.45) is 0. The monoisotopic (exact) mass is 397 g/mol. The molecule has 0 saturated heterocycles. The van der Waals surface area contributed by atoms with Gasteiger partial charge in [-0.25, -0.2) is 8.42 Å². The number of hydrogen-bond acceptors (Lipinski definition) is 7. The van der Waals surface area contributed by atoms with E-state index in [1.54, 1.807) is 11.8 Å². The van der Waals surface area contributed by atoms with Crippen LogP contribution >= 0.6 is 0 Å². The Morgan fingerprint density at radius 1 is 1.00 bits per heavy atom. The van der Waals surface area contributed by atoms with Crippen LogP contribution in [0.25, 0.3) is 0 Å². The van der Waals surface area contributed by atoms with Gasteiger partial charge in [-0.2, -0.15) is 18.4 Å². The summed E-state index contributed by atoms with van der Waals surface area (Å²) in [5.74, 6) is 0. The molecule has 2 aromatic rings. The molecule has 2 rings (SSSR count). The molecule has 0 aromatic heterocycles. The van der Waals surface area contributed by atoms with Gasteiger partial charge in [-0.1, -0.05) is 17.7 Å². The van der Waals surface area contributed by atoms with Crippen molar-refractivity contribution in [1.82, 2.24) is 4.83 Å². The number of nitrogens with one attached hydrogen (secondary N) is 1. The third-order valence-electron chi connectivity index (χ3n) is 3.42. The van der Waals surface area contributed by atoms with Crippen LogP contribution in [0.3, 0.4) is 0 Å². The Bertz CT molecular complexity index is 1060. The lowest BCUT2D eigenvalue weighted by Gasteiger charge is -2.07. The van der Waals surface area contributed by atoms with Gasteiger partial charge in [0.05, 0.1) is 15.5 Å². The van der Waals surface area contributed by atoms with Crippen molar-refractivity contribution in [3.05, 3.63) is 69.8 Å². The van der Waals surface area contributed by atoms with Crippen molar-refractivity contribution in [2.24, 2.45) is 5.10 Å². The van der Waals surface area contributed by atoms with E-state index in [0.717, 1.165) is 5.56 Å². The maximum absolute atomic E-state index is 12.2. The Balaban J connectivity index is 2.26. The summed E-state index contributed by atoms with van der Waals surface area (Å²) in [5, 5.41) is 14.2. The van der Waals surface area contributed by atoms with E-state index >= 15 is 0 Å². The highest BCUT2D eigenvalue weighted by molar-refractivity contribution is 8.66. The second-order valence-electron chi connectivity index (χ2n) is 5.31. The molecule has 11 heteroatoms. The highest BCUT2D eigenvalue weighted by Gasteiger charge is 2.31. The van der Waals surface area contributed by atoms with Gasteiger partial charge in [0, 0.05) is 12.1 Å². The average Bonchev–Trinajstić information content (AvgIpc) is 2.60. The van der Waals surface area contributed by atoms with Gasteiger partial charge in [0.2, 0.25) is 0 Å². The van der Waals surface area contributed by atoms with E-state index in [-0.39, 0.29) is 16.3 Å². The van der Waals surface area contributed by atoms with Gasteiger partial charge in [-0.15, -0.1) is 0 Å². The highest BCUT2D eigenvalue weighted by Crippen LogP contribution is 2.17. The first-order valence-corrected chi connectivity index (χ1v) is 10.7. The molecule has 0 aliphatic carbocycles. The Morgan fingerprint density at radius 2 is 1.54 bits per heavy atom. The summed E-state index contributed by atoms with van der Waals surface area (Å²) in [5.41, 5.74) is 1.18. The fourth-order valence-electron chi connectivity index (χ4n) is 1.89. The number of nitro groups is 1. The summed E-state index contributed by atoms with van der Waals surface area (Å²) in [6.45, 7) is 3.17. The second kappa shape index (κ2) is 7.22. The van der Waals surface area contributed by atoms with Crippen molar-refractivity contribution in [2.45, 2.75) is 18.7 Å². The van der Waals surface area contributed by atoms with Crippen LogP contribution in [0, 0.1) is 17.0 Å². The van der Waals surface area contributed by atoms with Gasteiger partial charge in [0.15, 0.2) is 0 Å². The van der Waals surface area contributed by atoms with Gasteiger partial charge < -0.3 is 0 Å². The lowest BCUT2D eigenvalue weighted by Crippen LogP contribution is -2.28. The zero-order chi connectivity index (χ0) is 19.5. The Kier molecular flexibility index (Phi) is 5.42. The first-order valence-electron chi connectivity index (χ1n) is 7.17. The van der Waals surface area contributed by atoms with Crippen molar-refractivity contribution in [3.63, 3.8) is 0 Å².